The molecule has 1 N–H and O–H groups in total. The number of sulfonamides is 1. The van der Waals surface area contributed by atoms with Crippen LogP contribution in [0.15, 0.2) is 65.8 Å². The average molecular weight is 387 g/mol. The molecule has 0 unspecified atom stereocenters. The van der Waals surface area contributed by atoms with Gasteiger partial charge in [0.25, 0.3) is 10.0 Å². The van der Waals surface area contributed by atoms with Crippen LogP contribution >= 0.6 is 0 Å². The number of likely N-dealkylation sites (N-methyl/N-ethyl adjacent to an activating group) is 1. The Morgan fingerprint density at radius 1 is 1.00 bits per heavy atom. The van der Waals surface area contributed by atoms with Gasteiger partial charge in [-0.2, -0.15) is 0 Å². The van der Waals surface area contributed by atoms with Gasteiger partial charge in [0.15, 0.2) is 11.6 Å². The molecule has 0 fully saturated rings. The number of nitrogens with zero attached hydrogens (tertiary/aromatic N) is 4. The summed E-state index contributed by atoms with van der Waals surface area (Å²) in [5.41, 5.74) is 1.16. The van der Waals surface area contributed by atoms with E-state index in [1.165, 1.54) is 18.2 Å². The summed E-state index contributed by atoms with van der Waals surface area (Å²) >= 11 is 0. The lowest BCUT2D eigenvalue weighted by Crippen LogP contribution is -2.22. The summed E-state index contributed by atoms with van der Waals surface area (Å²) in [6.07, 6.45) is 4.31. The molecular weight excluding hydrogens is 369 g/mol. The first-order valence-electron chi connectivity index (χ1n) is 8.16. The zero-order valence-corrected chi connectivity index (χ0v) is 15.4. The number of hydrogen-bond donors (Lipinski definition) is 1. The third-order valence-electron chi connectivity index (χ3n) is 3.89. The molecule has 0 aliphatic carbocycles. The molecule has 0 spiro atoms. The maximum Gasteiger partial charge on any atom is 0.263 e. The lowest BCUT2D eigenvalue weighted by atomic mass is 10.2. The summed E-state index contributed by atoms with van der Waals surface area (Å²) in [6, 6.07) is 11.7. The molecule has 140 valence electrons. The van der Waals surface area contributed by atoms with Crippen LogP contribution in [-0.2, 0) is 16.4 Å². The van der Waals surface area contributed by atoms with Crippen LogP contribution in [0.2, 0.25) is 0 Å². The molecule has 7 nitrogen and oxygen atoms in total. The van der Waals surface area contributed by atoms with Crippen molar-refractivity contribution in [2.75, 3.05) is 23.2 Å². The minimum Gasteiger partial charge on any atom is -0.358 e. The Morgan fingerprint density at radius 3 is 2.33 bits per heavy atom. The van der Waals surface area contributed by atoms with E-state index in [9.17, 15) is 12.8 Å². The van der Waals surface area contributed by atoms with E-state index in [2.05, 4.69) is 19.9 Å². The van der Waals surface area contributed by atoms with Crippen molar-refractivity contribution in [3.05, 3.63) is 72.3 Å². The largest absolute Gasteiger partial charge is 0.358 e. The Kier molecular flexibility index (Phi) is 5.60. The first kappa shape index (κ1) is 18.7. The van der Waals surface area contributed by atoms with Crippen molar-refractivity contribution in [2.45, 2.75) is 11.3 Å². The van der Waals surface area contributed by atoms with Crippen LogP contribution in [0.3, 0.4) is 0 Å². The fourth-order valence-corrected chi connectivity index (χ4v) is 3.35. The Balaban J connectivity index is 1.63. The smallest absolute Gasteiger partial charge is 0.263 e. The minimum atomic E-state index is -3.85. The molecule has 0 saturated heterocycles. The van der Waals surface area contributed by atoms with Crippen LogP contribution in [0.5, 0.6) is 0 Å². The minimum absolute atomic E-state index is 0.0516. The average Bonchev–Trinajstić information content (AvgIpc) is 2.67. The van der Waals surface area contributed by atoms with Crippen molar-refractivity contribution in [2.24, 2.45) is 0 Å². The Labute approximate surface area is 157 Å². The standard InChI is InChI=1S/C18H18FN5O2S/c1-24(13-10-14-8-11-20-12-9-14)18-7-6-17(21-22-18)23-27(25,26)16-4-2-15(19)3-5-16/h2-9,11-12H,10,13H2,1H3,(H,21,23). The van der Waals surface area contributed by atoms with Gasteiger partial charge >= 0.3 is 0 Å². The molecule has 0 saturated carbocycles. The topological polar surface area (TPSA) is 88.1 Å². The molecule has 0 amide bonds. The van der Waals surface area contributed by atoms with E-state index in [-0.39, 0.29) is 10.7 Å². The number of halogens is 1. The summed E-state index contributed by atoms with van der Waals surface area (Å²) < 4.78 is 39.8. The van der Waals surface area contributed by atoms with Gasteiger partial charge in [-0.15, -0.1) is 10.2 Å². The highest BCUT2D eigenvalue weighted by Gasteiger charge is 2.15. The molecule has 2 aromatic heterocycles. The van der Waals surface area contributed by atoms with Gasteiger partial charge in [0.1, 0.15) is 5.82 Å². The predicted octanol–water partition coefficient (Wildman–Crippen LogP) is 2.49. The highest BCUT2D eigenvalue weighted by atomic mass is 32.2. The molecule has 0 radical (unpaired) electrons. The van der Waals surface area contributed by atoms with Gasteiger partial charge in [0.2, 0.25) is 0 Å². The predicted molar refractivity (Wildman–Crippen MR) is 100 cm³/mol. The maximum absolute atomic E-state index is 12.9. The summed E-state index contributed by atoms with van der Waals surface area (Å²) in [7, 11) is -1.97. The fraction of sp³-hybridized carbons (Fsp3) is 0.167. The number of hydrogen-bond acceptors (Lipinski definition) is 6. The van der Waals surface area contributed by atoms with E-state index in [4.69, 9.17) is 0 Å². The van der Waals surface area contributed by atoms with E-state index in [0.717, 1.165) is 30.7 Å². The summed E-state index contributed by atoms with van der Waals surface area (Å²) in [5.74, 6) is 0.201. The molecule has 27 heavy (non-hydrogen) atoms. The van der Waals surface area contributed by atoms with Gasteiger partial charge < -0.3 is 4.90 Å². The lowest BCUT2D eigenvalue weighted by Gasteiger charge is -2.17. The molecule has 2 heterocycles. The monoisotopic (exact) mass is 387 g/mol. The Morgan fingerprint density at radius 2 is 1.70 bits per heavy atom. The number of aromatic nitrogens is 3. The van der Waals surface area contributed by atoms with Gasteiger partial charge in [0.05, 0.1) is 4.90 Å². The molecule has 0 aliphatic heterocycles. The Hall–Kier alpha value is -3.07. The zero-order chi connectivity index (χ0) is 19.3. The molecular formula is C18H18FN5O2S. The van der Waals surface area contributed by atoms with Crippen molar-refractivity contribution in [1.29, 1.82) is 0 Å². The van der Waals surface area contributed by atoms with Gasteiger partial charge in [0, 0.05) is 26.0 Å². The second kappa shape index (κ2) is 8.09. The van der Waals surface area contributed by atoms with Crippen LogP contribution in [0.25, 0.3) is 0 Å². The fourth-order valence-electron chi connectivity index (χ4n) is 2.35. The lowest BCUT2D eigenvalue weighted by molar-refractivity contribution is 0.599. The van der Waals surface area contributed by atoms with Crippen LogP contribution in [0, 0.1) is 5.82 Å². The van der Waals surface area contributed by atoms with Gasteiger partial charge in [-0.05, 0) is 60.5 Å². The third kappa shape index (κ3) is 4.98. The number of benzene rings is 1. The van der Waals surface area contributed by atoms with Gasteiger partial charge in [-0.1, -0.05) is 0 Å². The van der Waals surface area contributed by atoms with Crippen LogP contribution < -0.4 is 9.62 Å². The second-order valence-electron chi connectivity index (χ2n) is 5.86. The van der Waals surface area contributed by atoms with Crippen LogP contribution in [0.4, 0.5) is 16.0 Å². The van der Waals surface area contributed by atoms with Crippen LogP contribution in [0.1, 0.15) is 5.56 Å². The van der Waals surface area contributed by atoms with E-state index in [1.54, 1.807) is 18.5 Å². The number of nitrogens with one attached hydrogen (secondary N) is 1. The third-order valence-corrected chi connectivity index (χ3v) is 5.26. The van der Waals surface area contributed by atoms with Gasteiger partial charge in [-0.25, -0.2) is 12.8 Å². The number of pyridine rings is 1. The van der Waals surface area contributed by atoms with E-state index in [1.807, 2.05) is 24.1 Å². The number of rotatable bonds is 7. The van der Waals surface area contributed by atoms with Crippen molar-refractivity contribution < 1.29 is 12.8 Å². The summed E-state index contributed by atoms with van der Waals surface area (Å²) in [6.45, 7) is 0.722. The molecule has 1 aromatic carbocycles. The SMILES string of the molecule is CN(CCc1ccncc1)c1ccc(NS(=O)(=O)c2ccc(F)cc2)nn1. The van der Waals surface area contributed by atoms with Crippen molar-refractivity contribution in [3.63, 3.8) is 0 Å². The summed E-state index contributed by atoms with van der Waals surface area (Å²) in [5, 5.41) is 7.98. The molecule has 3 aromatic rings. The van der Waals surface area contributed by atoms with Crippen molar-refractivity contribution in [3.8, 4) is 0 Å². The first-order chi connectivity index (χ1) is 12.9. The first-order valence-corrected chi connectivity index (χ1v) is 9.64. The highest BCUT2D eigenvalue weighted by Crippen LogP contribution is 2.16. The van der Waals surface area contributed by atoms with E-state index in [0.29, 0.717) is 5.82 Å². The second-order valence-corrected chi connectivity index (χ2v) is 7.55. The van der Waals surface area contributed by atoms with Gasteiger partial charge in [-0.3, -0.25) is 9.71 Å². The molecule has 0 atom stereocenters. The zero-order valence-electron chi connectivity index (χ0n) is 14.6. The van der Waals surface area contributed by atoms with Crippen molar-refractivity contribution >= 4 is 21.7 Å². The van der Waals surface area contributed by atoms with Crippen molar-refractivity contribution in [1.82, 2.24) is 15.2 Å². The molecule has 9 heteroatoms. The Bertz CT molecular complexity index is 981. The molecule has 0 aliphatic rings. The molecule has 0 bridgehead atoms. The quantitative estimate of drug-likeness (QED) is 0.670. The van der Waals surface area contributed by atoms with E-state index >= 15 is 0 Å². The summed E-state index contributed by atoms with van der Waals surface area (Å²) in [4.78, 5) is 5.86. The normalized spacial score (nSPS) is 11.2. The maximum atomic E-state index is 12.9. The highest BCUT2D eigenvalue weighted by molar-refractivity contribution is 7.92. The number of anilines is 2. The molecule has 3 rings (SSSR count). The van der Waals surface area contributed by atoms with E-state index < -0.39 is 15.8 Å². The van der Waals surface area contributed by atoms with Crippen LogP contribution in [-0.4, -0.2) is 37.2 Å².